The fourth-order valence-electron chi connectivity index (χ4n) is 5.48. The molecule has 0 radical (unpaired) electrons. The van der Waals surface area contributed by atoms with Gasteiger partial charge in [0.2, 0.25) is 0 Å². The van der Waals surface area contributed by atoms with Crippen molar-refractivity contribution in [3.8, 4) is 23.0 Å². The molecular formula is C31H33NO4. The highest BCUT2D eigenvalue weighted by Crippen LogP contribution is 2.55. The Morgan fingerprint density at radius 3 is 2.42 bits per heavy atom. The van der Waals surface area contributed by atoms with Crippen LogP contribution in [0.3, 0.4) is 0 Å². The van der Waals surface area contributed by atoms with Gasteiger partial charge in [0.25, 0.3) is 0 Å². The van der Waals surface area contributed by atoms with E-state index in [4.69, 9.17) is 9.47 Å². The van der Waals surface area contributed by atoms with Gasteiger partial charge in [-0.3, -0.25) is 4.90 Å². The van der Waals surface area contributed by atoms with E-state index >= 15 is 0 Å². The second-order valence-electron chi connectivity index (χ2n) is 10.3. The van der Waals surface area contributed by atoms with Gasteiger partial charge < -0.3 is 19.7 Å². The minimum atomic E-state index is -0.319. The third-order valence-corrected chi connectivity index (χ3v) is 7.66. The van der Waals surface area contributed by atoms with Crippen LogP contribution in [0.4, 0.5) is 0 Å². The van der Waals surface area contributed by atoms with Crippen LogP contribution in [0.2, 0.25) is 0 Å². The number of benzene rings is 3. The number of phenolic OH excluding ortho intramolecular Hbond substituents is 2. The van der Waals surface area contributed by atoms with Crippen molar-refractivity contribution in [1.82, 2.24) is 4.90 Å². The molecule has 5 nitrogen and oxygen atoms in total. The predicted octanol–water partition coefficient (Wildman–Crippen LogP) is 6.27. The maximum Gasteiger partial charge on any atom is 0.150 e. The summed E-state index contributed by atoms with van der Waals surface area (Å²) in [6.07, 6.45) is 3.17. The number of fused-ring (bicyclic) bond motifs is 1. The molecule has 1 saturated heterocycles. The minimum absolute atomic E-state index is 0.229. The zero-order chi connectivity index (χ0) is 24.6. The van der Waals surface area contributed by atoms with Crippen molar-refractivity contribution in [2.45, 2.75) is 32.3 Å². The molecule has 1 aliphatic carbocycles. The topological polar surface area (TPSA) is 62.2 Å². The van der Waals surface area contributed by atoms with Crippen molar-refractivity contribution in [3.63, 3.8) is 0 Å². The zero-order valence-corrected chi connectivity index (χ0v) is 20.7. The Hall–Kier alpha value is -3.44. The van der Waals surface area contributed by atoms with Crippen molar-refractivity contribution >= 4 is 11.1 Å². The Labute approximate surface area is 212 Å². The predicted molar refractivity (Wildman–Crippen MR) is 141 cm³/mol. The molecule has 36 heavy (non-hydrogen) atoms. The molecule has 2 N–H and O–H groups in total. The first-order valence-electron chi connectivity index (χ1n) is 13.1. The lowest BCUT2D eigenvalue weighted by Gasteiger charge is -2.38. The Morgan fingerprint density at radius 1 is 0.917 bits per heavy atom. The van der Waals surface area contributed by atoms with Crippen LogP contribution in [0.5, 0.6) is 23.0 Å². The van der Waals surface area contributed by atoms with Crippen LogP contribution in [0, 0.1) is 11.8 Å². The average Bonchev–Trinajstić information content (AvgIpc) is 3.70. The Bertz CT molecular complexity index is 1270. The van der Waals surface area contributed by atoms with E-state index in [-0.39, 0.29) is 17.6 Å². The number of nitrogens with zero attached hydrogens (tertiary/aromatic N) is 1. The van der Waals surface area contributed by atoms with Crippen molar-refractivity contribution in [1.29, 1.82) is 0 Å². The number of ether oxygens (including phenoxy) is 2. The van der Waals surface area contributed by atoms with E-state index in [0.29, 0.717) is 12.5 Å². The largest absolute Gasteiger partial charge is 0.508 e. The molecule has 0 amide bonds. The van der Waals surface area contributed by atoms with Gasteiger partial charge in [0.1, 0.15) is 35.7 Å². The first kappa shape index (κ1) is 23.0. The third-order valence-electron chi connectivity index (χ3n) is 7.66. The van der Waals surface area contributed by atoms with E-state index in [1.807, 2.05) is 30.3 Å². The summed E-state index contributed by atoms with van der Waals surface area (Å²) in [5.41, 5.74) is 5.19. The van der Waals surface area contributed by atoms with Crippen LogP contribution in [0.1, 0.15) is 49.0 Å². The van der Waals surface area contributed by atoms with E-state index in [0.717, 1.165) is 59.1 Å². The summed E-state index contributed by atoms with van der Waals surface area (Å²) in [5, 5.41) is 20.5. The lowest BCUT2D eigenvalue weighted by atomic mass is 9.83. The maximum absolute atomic E-state index is 10.3. The van der Waals surface area contributed by atoms with Gasteiger partial charge in [-0.15, -0.1) is 0 Å². The number of hydrogen-bond donors (Lipinski definition) is 2. The fraction of sp³-hybridized carbons (Fsp3) is 0.355. The molecule has 0 unspecified atom stereocenters. The summed E-state index contributed by atoms with van der Waals surface area (Å²) in [4.78, 5) is 2.44. The second kappa shape index (κ2) is 9.55. The van der Waals surface area contributed by atoms with Crippen LogP contribution < -0.4 is 9.47 Å². The summed E-state index contributed by atoms with van der Waals surface area (Å²) < 4.78 is 12.6. The van der Waals surface area contributed by atoms with E-state index < -0.39 is 0 Å². The molecule has 1 saturated carbocycles. The highest BCUT2D eigenvalue weighted by Gasteiger charge is 2.38. The number of aromatic hydroxyl groups is 2. The Kier molecular flexibility index (Phi) is 6.10. The molecule has 3 aromatic carbocycles. The minimum Gasteiger partial charge on any atom is -0.508 e. The second-order valence-corrected chi connectivity index (χ2v) is 10.3. The molecular weight excluding hydrogens is 450 g/mol. The van der Waals surface area contributed by atoms with E-state index in [2.05, 4.69) is 24.0 Å². The number of hydrogen-bond acceptors (Lipinski definition) is 5. The molecule has 2 aliphatic heterocycles. The number of allylic oxidation sites excluding steroid dienone is 1. The van der Waals surface area contributed by atoms with Crippen LogP contribution in [-0.2, 0) is 0 Å². The molecule has 2 fully saturated rings. The molecule has 5 heteroatoms. The van der Waals surface area contributed by atoms with Gasteiger partial charge in [0.05, 0.1) is 0 Å². The summed E-state index contributed by atoms with van der Waals surface area (Å²) in [7, 11) is 0. The maximum atomic E-state index is 10.3. The first-order valence-corrected chi connectivity index (χ1v) is 13.1. The summed E-state index contributed by atoms with van der Waals surface area (Å²) in [6, 6.07) is 20.9. The van der Waals surface area contributed by atoms with Gasteiger partial charge in [-0.1, -0.05) is 37.6 Å². The van der Waals surface area contributed by atoms with Gasteiger partial charge in [0.15, 0.2) is 0 Å². The molecule has 0 spiro atoms. The molecule has 3 aromatic rings. The normalized spacial score (nSPS) is 20.0. The molecule has 186 valence electrons. The molecule has 6 rings (SSSR count). The van der Waals surface area contributed by atoms with Gasteiger partial charge in [-0.25, -0.2) is 0 Å². The number of phenols is 2. The standard InChI is InChI=1S/C31H33NO4/c1-2-20-18-32(19-20)14-15-35-26-11-8-22(9-12-26)31-30(23-4-3-5-24(33)16-23)29(21-6-7-21)27-17-25(34)10-13-28(27)36-31/h3-5,8-13,16-17,20-21,31,33-34H,2,6-7,14-15,18-19H2,1H3/t31-/m0/s1. The Morgan fingerprint density at radius 2 is 1.69 bits per heavy atom. The highest BCUT2D eigenvalue weighted by molar-refractivity contribution is 5.98. The average molecular weight is 484 g/mol. The van der Waals surface area contributed by atoms with Crippen LogP contribution in [0.15, 0.2) is 66.7 Å². The molecule has 2 heterocycles. The highest BCUT2D eigenvalue weighted by atomic mass is 16.5. The van der Waals surface area contributed by atoms with E-state index in [9.17, 15) is 10.2 Å². The monoisotopic (exact) mass is 483 g/mol. The van der Waals surface area contributed by atoms with Crippen LogP contribution in [0.25, 0.3) is 11.1 Å². The first-order chi connectivity index (χ1) is 17.6. The van der Waals surface area contributed by atoms with Crippen molar-refractivity contribution in [2.24, 2.45) is 11.8 Å². The smallest absolute Gasteiger partial charge is 0.150 e. The van der Waals surface area contributed by atoms with E-state index in [1.54, 1.807) is 24.3 Å². The fourth-order valence-corrected chi connectivity index (χ4v) is 5.48. The summed E-state index contributed by atoms with van der Waals surface area (Å²) in [5.74, 6) is 3.37. The Balaban J connectivity index is 1.29. The number of likely N-dealkylation sites (tertiary alicyclic amines) is 1. The summed E-state index contributed by atoms with van der Waals surface area (Å²) >= 11 is 0. The van der Waals surface area contributed by atoms with Gasteiger partial charge >= 0.3 is 0 Å². The van der Waals surface area contributed by atoms with Crippen molar-refractivity contribution in [2.75, 3.05) is 26.2 Å². The van der Waals surface area contributed by atoms with Crippen molar-refractivity contribution in [3.05, 3.63) is 83.4 Å². The molecule has 0 aromatic heterocycles. The summed E-state index contributed by atoms with van der Waals surface area (Å²) in [6.45, 7) is 6.28. The van der Waals surface area contributed by atoms with Crippen molar-refractivity contribution < 1.29 is 19.7 Å². The quantitative estimate of drug-likeness (QED) is 0.395. The SMILES string of the molecule is CCC1CN(CCOc2ccc([C@@H]3Oc4ccc(O)cc4C(C4CC4)=C3c3cccc(O)c3)cc2)C1. The van der Waals surface area contributed by atoms with Gasteiger partial charge in [-0.2, -0.15) is 0 Å². The lowest BCUT2D eigenvalue weighted by Crippen LogP contribution is -2.47. The molecule has 1 atom stereocenters. The lowest BCUT2D eigenvalue weighted by molar-refractivity contribution is 0.0806. The van der Waals surface area contributed by atoms with Gasteiger partial charge in [-0.05, 0) is 83.8 Å². The van der Waals surface area contributed by atoms with Crippen LogP contribution >= 0.6 is 0 Å². The molecule has 0 bridgehead atoms. The van der Waals surface area contributed by atoms with Crippen LogP contribution in [-0.4, -0.2) is 41.4 Å². The molecule has 3 aliphatic rings. The number of rotatable bonds is 8. The zero-order valence-electron chi connectivity index (χ0n) is 20.7. The van der Waals surface area contributed by atoms with E-state index in [1.165, 1.54) is 25.1 Å². The third kappa shape index (κ3) is 4.56. The van der Waals surface area contributed by atoms with Gasteiger partial charge in [0, 0.05) is 30.8 Å².